The third kappa shape index (κ3) is 5.56. The molecule has 1 aliphatic carbocycles. The maximum absolute atomic E-state index is 2.53. The fraction of sp³-hybridized carbons (Fsp3) is 0.0164. The maximum Gasteiger partial charge on any atom is 0.0714 e. The standard InChI is InChI=1S/C61H41N/c1-4-19-42(20-5-1)51-37-35-45(56-39-44-22-11-12-28-49(44)52-30-14-15-31-53(52)56)40-60(51)62(59-34-18-23-43-21-10-13-29-50(43)59)48-36-38-55-54-32-16-17-33-57(54)61(58(55)41-48,46-24-6-2-7-25-46)47-26-8-3-9-27-47/h1-41H. The fourth-order valence-corrected chi connectivity index (χ4v) is 10.4. The minimum Gasteiger partial charge on any atom is -0.309 e. The largest absolute Gasteiger partial charge is 0.309 e. The van der Waals surface area contributed by atoms with Gasteiger partial charge < -0.3 is 4.90 Å². The molecule has 1 nitrogen and oxygen atoms in total. The molecule has 0 radical (unpaired) electrons. The Balaban J connectivity index is 1.19. The van der Waals surface area contributed by atoms with E-state index in [0.29, 0.717) is 0 Å². The Morgan fingerprint density at radius 3 is 1.60 bits per heavy atom. The molecule has 0 aliphatic heterocycles. The van der Waals surface area contributed by atoms with Gasteiger partial charge in [-0.15, -0.1) is 0 Å². The molecule has 290 valence electrons. The van der Waals surface area contributed by atoms with Gasteiger partial charge in [-0.2, -0.15) is 0 Å². The average Bonchev–Trinajstić information content (AvgIpc) is 3.65. The molecule has 0 heterocycles. The topological polar surface area (TPSA) is 3.24 Å². The Bertz CT molecular complexity index is 3420. The highest BCUT2D eigenvalue weighted by molar-refractivity contribution is 6.14. The molecule has 0 aromatic heterocycles. The molecule has 0 saturated heterocycles. The second kappa shape index (κ2) is 14.6. The van der Waals surface area contributed by atoms with E-state index in [2.05, 4.69) is 254 Å². The minimum absolute atomic E-state index is 0.539. The molecule has 0 saturated carbocycles. The van der Waals surface area contributed by atoms with Crippen molar-refractivity contribution in [1.29, 1.82) is 0 Å². The van der Waals surface area contributed by atoms with Crippen molar-refractivity contribution in [3.8, 4) is 33.4 Å². The van der Waals surface area contributed by atoms with Crippen LogP contribution in [0.4, 0.5) is 17.1 Å². The smallest absolute Gasteiger partial charge is 0.0714 e. The first-order chi connectivity index (χ1) is 30.8. The molecular formula is C61H41N. The van der Waals surface area contributed by atoms with E-state index < -0.39 is 5.41 Å². The van der Waals surface area contributed by atoms with Gasteiger partial charge in [-0.05, 0) is 107 Å². The lowest BCUT2D eigenvalue weighted by Gasteiger charge is -2.35. The van der Waals surface area contributed by atoms with Crippen molar-refractivity contribution in [2.24, 2.45) is 0 Å². The number of rotatable bonds is 7. The summed E-state index contributed by atoms with van der Waals surface area (Å²) in [6, 6.07) is 91.9. The van der Waals surface area contributed by atoms with Gasteiger partial charge in [-0.3, -0.25) is 0 Å². The summed E-state index contributed by atoms with van der Waals surface area (Å²) in [5.74, 6) is 0. The molecule has 0 bridgehead atoms. The van der Waals surface area contributed by atoms with E-state index in [0.717, 1.165) is 22.6 Å². The van der Waals surface area contributed by atoms with Crippen LogP contribution in [0.2, 0.25) is 0 Å². The minimum atomic E-state index is -0.539. The lowest BCUT2D eigenvalue weighted by molar-refractivity contribution is 0.768. The van der Waals surface area contributed by atoms with E-state index in [4.69, 9.17) is 0 Å². The van der Waals surface area contributed by atoms with Crippen LogP contribution >= 0.6 is 0 Å². The van der Waals surface area contributed by atoms with Crippen LogP contribution < -0.4 is 4.90 Å². The Kier molecular flexibility index (Phi) is 8.47. The number of fused-ring (bicyclic) bond motifs is 7. The maximum atomic E-state index is 2.53. The first kappa shape index (κ1) is 35.9. The van der Waals surface area contributed by atoms with Gasteiger partial charge in [0, 0.05) is 16.6 Å². The molecular weight excluding hydrogens is 747 g/mol. The van der Waals surface area contributed by atoms with Gasteiger partial charge in [0.05, 0.1) is 16.8 Å². The lowest BCUT2D eigenvalue weighted by Crippen LogP contribution is -2.28. The summed E-state index contributed by atoms with van der Waals surface area (Å²) in [6.07, 6.45) is 0. The average molecular weight is 788 g/mol. The Labute approximate surface area is 362 Å². The molecule has 0 atom stereocenters. The molecule has 0 fully saturated rings. The van der Waals surface area contributed by atoms with Gasteiger partial charge >= 0.3 is 0 Å². The van der Waals surface area contributed by atoms with E-state index in [1.165, 1.54) is 82.4 Å². The molecule has 11 aromatic carbocycles. The second-order valence-electron chi connectivity index (χ2n) is 16.4. The second-order valence-corrected chi connectivity index (χ2v) is 16.4. The van der Waals surface area contributed by atoms with Gasteiger partial charge in [0.2, 0.25) is 0 Å². The van der Waals surface area contributed by atoms with Crippen LogP contribution in [-0.4, -0.2) is 0 Å². The normalized spacial score (nSPS) is 12.6. The van der Waals surface area contributed by atoms with E-state index in [1.807, 2.05) is 0 Å². The van der Waals surface area contributed by atoms with E-state index in [1.54, 1.807) is 0 Å². The van der Waals surface area contributed by atoms with Crippen LogP contribution in [0.25, 0.3) is 65.7 Å². The molecule has 1 heteroatoms. The lowest BCUT2D eigenvalue weighted by atomic mass is 9.67. The summed E-state index contributed by atoms with van der Waals surface area (Å²) in [5.41, 5.74) is 15.1. The van der Waals surface area contributed by atoms with Gasteiger partial charge in [0.15, 0.2) is 0 Å². The van der Waals surface area contributed by atoms with Gasteiger partial charge in [0.1, 0.15) is 0 Å². The molecule has 0 N–H and O–H groups in total. The number of anilines is 3. The number of nitrogens with zero attached hydrogens (tertiary/aromatic N) is 1. The first-order valence-electron chi connectivity index (χ1n) is 21.5. The van der Waals surface area contributed by atoms with Crippen molar-refractivity contribution in [2.45, 2.75) is 5.41 Å². The molecule has 11 aromatic rings. The highest BCUT2D eigenvalue weighted by Gasteiger charge is 2.46. The third-order valence-electron chi connectivity index (χ3n) is 13.1. The molecule has 12 rings (SSSR count). The molecule has 0 amide bonds. The summed E-state index contributed by atoms with van der Waals surface area (Å²) in [5, 5.41) is 7.40. The zero-order valence-electron chi connectivity index (χ0n) is 34.1. The van der Waals surface area contributed by atoms with Crippen LogP contribution in [0, 0.1) is 0 Å². The molecule has 0 unspecified atom stereocenters. The zero-order chi connectivity index (χ0) is 41.0. The quantitative estimate of drug-likeness (QED) is 0.145. The van der Waals surface area contributed by atoms with Crippen molar-refractivity contribution in [2.75, 3.05) is 4.90 Å². The highest BCUT2D eigenvalue weighted by atomic mass is 15.1. The zero-order valence-corrected chi connectivity index (χ0v) is 34.1. The van der Waals surface area contributed by atoms with Crippen molar-refractivity contribution in [3.63, 3.8) is 0 Å². The Morgan fingerprint density at radius 2 is 0.839 bits per heavy atom. The summed E-state index contributed by atoms with van der Waals surface area (Å²) >= 11 is 0. The van der Waals surface area contributed by atoms with Crippen LogP contribution in [-0.2, 0) is 5.41 Å². The molecule has 0 spiro atoms. The van der Waals surface area contributed by atoms with E-state index >= 15 is 0 Å². The predicted molar refractivity (Wildman–Crippen MR) is 262 cm³/mol. The Hall–Kier alpha value is -8.00. The summed E-state index contributed by atoms with van der Waals surface area (Å²) in [7, 11) is 0. The van der Waals surface area contributed by atoms with Crippen molar-refractivity contribution < 1.29 is 0 Å². The van der Waals surface area contributed by atoms with Crippen molar-refractivity contribution in [1.82, 2.24) is 0 Å². The van der Waals surface area contributed by atoms with Gasteiger partial charge in [-0.25, -0.2) is 0 Å². The fourth-order valence-electron chi connectivity index (χ4n) is 10.4. The number of hydrogen-bond acceptors (Lipinski definition) is 1. The SMILES string of the molecule is c1ccc(-c2ccc(-c3cc4ccccc4c4ccccc34)cc2N(c2ccc3c(c2)C(c2ccccc2)(c2ccccc2)c2ccccc2-3)c2cccc3ccccc23)cc1. The van der Waals surface area contributed by atoms with E-state index in [-0.39, 0.29) is 0 Å². The predicted octanol–water partition coefficient (Wildman–Crippen LogP) is 16.3. The Morgan fingerprint density at radius 1 is 0.274 bits per heavy atom. The summed E-state index contributed by atoms with van der Waals surface area (Å²) in [6.45, 7) is 0. The highest BCUT2D eigenvalue weighted by Crippen LogP contribution is 2.58. The van der Waals surface area contributed by atoms with Crippen molar-refractivity contribution >= 4 is 49.4 Å². The molecule has 1 aliphatic rings. The number of hydrogen-bond donors (Lipinski definition) is 0. The van der Waals surface area contributed by atoms with Gasteiger partial charge in [0.25, 0.3) is 0 Å². The van der Waals surface area contributed by atoms with Crippen LogP contribution in [0.5, 0.6) is 0 Å². The molecule has 62 heavy (non-hydrogen) atoms. The van der Waals surface area contributed by atoms with E-state index in [9.17, 15) is 0 Å². The monoisotopic (exact) mass is 787 g/mol. The summed E-state index contributed by atoms with van der Waals surface area (Å²) < 4.78 is 0. The van der Waals surface area contributed by atoms with Crippen LogP contribution in [0.3, 0.4) is 0 Å². The number of benzene rings is 11. The summed E-state index contributed by atoms with van der Waals surface area (Å²) in [4.78, 5) is 2.53. The third-order valence-corrected chi connectivity index (χ3v) is 13.1. The van der Waals surface area contributed by atoms with Crippen LogP contribution in [0.1, 0.15) is 22.3 Å². The first-order valence-corrected chi connectivity index (χ1v) is 21.5. The van der Waals surface area contributed by atoms with Crippen molar-refractivity contribution in [3.05, 3.63) is 271 Å². The van der Waals surface area contributed by atoms with Crippen LogP contribution in [0.15, 0.2) is 249 Å². The van der Waals surface area contributed by atoms with Gasteiger partial charge in [-0.1, -0.05) is 218 Å².